The van der Waals surface area contributed by atoms with Gasteiger partial charge in [-0.25, -0.2) is 8.78 Å². The summed E-state index contributed by atoms with van der Waals surface area (Å²) < 4.78 is 32.6. The Morgan fingerprint density at radius 1 is 1.12 bits per heavy atom. The molecule has 2 aliphatic heterocycles. The molecule has 1 atom stereocenters. The SMILES string of the molecule is CN(CC(=O)Nc1ccc(N2CCOCC2)cc1)C(=O)C1CC(=O)N(c2ccc(F)cc2F)C1. The fraction of sp³-hybridized carbons (Fsp3) is 0.375. The third-order valence-electron chi connectivity index (χ3n) is 5.96. The van der Waals surface area contributed by atoms with Gasteiger partial charge in [0, 0.05) is 50.5 Å². The van der Waals surface area contributed by atoms with Gasteiger partial charge in [-0.05, 0) is 36.4 Å². The van der Waals surface area contributed by atoms with Gasteiger partial charge in [0.2, 0.25) is 17.7 Å². The van der Waals surface area contributed by atoms with Crippen molar-refractivity contribution in [3.05, 3.63) is 54.1 Å². The number of hydrogen-bond donors (Lipinski definition) is 1. The Morgan fingerprint density at radius 2 is 1.82 bits per heavy atom. The maximum absolute atomic E-state index is 14.1. The quantitative estimate of drug-likeness (QED) is 0.698. The van der Waals surface area contributed by atoms with Gasteiger partial charge in [-0.1, -0.05) is 0 Å². The van der Waals surface area contributed by atoms with Crippen LogP contribution in [0.3, 0.4) is 0 Å². The van der Waals surface area contributed by atoms with Crippen molar-refractivity contribution in [2.75, 3.05) is 61.6 Å². The Morgan fingerprint density at radius 3 is 2.50 bits per heavy atom. The van der Waals surface area contributed by atoms with Crippen molar-refractivity contribution < 1.29 is 27.9 Å². The minimum Gasteiger partial charge on any atom is -0.378 e. The van der Waals surface area contributed by atoms with E-state index in [1.807, 2.05) is 12.1 Å². The molecule has 180 valence electrons. The Hall–Kier alpha value is -3.53. The monoisotopic (exact) mass is 472 g/mol. The van der Waals surface area contributed by atoms with E-state index >= 15 is 0 Å². The summed E-state index contributed by atoms with van der Waals surface area (Å²) in [6.45, 7) is 2.76. The summed E-state index contributed by atoms with van der Waals surface area (Å²) in [7, 11) is 1.48. The average molecular weight is 472 g/mol. The van der Waals surface area contributed by atoms with Crippen LogP contribution in [0.15, 0.2) is 42.5 Å². The first kappa shape index (κ1) is 23.6. The molecule has 34 heavy (non-hydrogen) atoms. The number of nitrogens with one attached hydrogen (secondary N) is 1. The van der Waals surface area contributed by atoms with E-state index in [9.17, 15) is 23.2 Å². The van der Waals surface area contributed by atoms with E-state index in [0.29, 0.717) is 25.0 Å². The molecule has 4 rings (SSSR count). The Bertz CT molecular complexity index is 1070. The molecule has 10 heteroatoms. The van der Waals surface area contributed by atoms with Crippen molar-refractivity contribution in [3.63, 3.8) is 0 Å². The van der Waals surface area contributed by atoms with Gasteiger partial charge in [0.15, 0.2) is 0 Å². The first-order valence-electron chi connectivity index (χ1n) is 11.0. The van der Waals surface area contributed by atoms with Crippen molar-refractivity contribution >= 4 is 34.8 Å². The number of morpholine rings is 1. The van der Waals surface area contributed by atoms with Crippen LogP contribution in [0.1, 0.15) is 6.42 Å². The van der Waals surface area contributed by atoms with Crippen molar-refractivity contribution in [3.8, 4) is 0 Å². The molecule has 1 unspecified atom stereocenters. The van der Waals surface area contributed by atoms with Gasteiger partial charge in [0.1, 0.15) is 11.6 Å². The van der Waals surface area contributed by atoms with E-state index in [4.69, 9.17) is 4.74 Å². The molecule has 0 saturated carbocycles. The van der Waals surface area contributed by atoms with Crippen LogP contribution in [0.4, 0.5) is 25.8 Å². The highest BCUT2D eigenvalue weighted by Crippen LogP contribution is 2.28. The molecule has 2 fully saturated rings. The lowest BCUT2D eigenvalue weighted by Crippen LogP contribution is -2.39. The van der Waals surface area contributed by atoms with Crippen molar-refractivity contribution in [2.45, 2.75) is 6.42 Å². The number of likely N-dealkylation sites (N-methyl/N-ethyl adjacent to an activating group) is 1. The number of benzene rings is 2. The van der Waals surface area contributed by atoms with E-state index < -0.39 is 29.4 Å². The molecule has 0 aromatic heterocycles. The smallest absolute Gasteiger partial charge is 0.243 e. The highest BCUT2D eigenvalue weighted by molar-refractivity contribution is 6.01. The molecule has 2 aliphatic rings. The first-order chi connectivity index (χ1) is 16.3. The first-order valence-corrected chi connectivity index (χ1v) is 11.0. The minimum atomic E-state index is -0.867. The van der Waals surface area contributed by atoms with Gasteiger partial charge >= 0.3 is 0 Å². The lowest BCUT2D eigenvalue weighted by Gasteiger charge is -2.29. The van der Waals surface area contributed by atoms with Gasteiger partial charge in [-0.3, -0.25) is 14.4 Å². The van der Waals surface area contributed by atoms with Gasteiger partial charge in [-0.15, -0.1) is 0 Å². The van der Waals surface area contributed by atoms with Gasteiger partial charge in [-0.2, -0.15) is 0 Å². The highest BCUT2D eigenvalue weighted by atomic mass is 19.1. The van der Waals surface area contributed by atoms with E-state index in [-0.39, 0.29) is 31.1 Å². The Labute approximate surface area is 196 Å². The van der Waals surface area contributed by atoms with E-state index in [1.54, 1.807) is 12.1 Å². The van der Waals surface area contributed by atoms with Crippen LogP contribution in [-0.2, 0) is 19.1 Å². The number of hydrogen-bond acceptors (Lipinski definition) is 5. The second-order valence-corrected chi connectivity index (χ2v) is 8.39. The summed E-state index contributed by atoms with van der Waals surface area (Å²) in [5.74, 6) is -3.53. The number of ether oxygens (including phenoxy) is 1. The van der Waals surface area contributed by atoms with Crippen LogP contribution in [-0.4, -0.2) is 69.1 Å². The van der Waals surface area contributed by atoms with E-state index in [1.165, 1.54) is 18.0 Å². The summed E-state index contributed by atoms with van der Waals surface area (Å²) >= 11 is 0. The summed E-state index contributed by atoms with van der Waals surface area (Å²) in [5, 5.41) is 2.77. The number of nitrogens with zero attached hydrogens (tertiary/aromatic N) is 3. The van der Waals surface area contributed by atoms with Gasteiger partial charge in [0.25, 0.3) is 0 Å². The summed E-state index contributed by atoms with van der Waals surface area (Å²) in [6.07, 6.45) is -0.107. The predicted molar refractivity (Wildman–Crippen MR) is 123 cm³/mol. The van der Waals surface area contributed by atoms with Crippen LogP contribution in [0, 0.1) is 17.6 Å². The number of rotatable bonds is 6. The fourth-order valence-corrected chi connectivity index (χ4v) is 4.19. The number of halogens is 2. The Kier molecular flexibility index (Phi) is 7.06. The fourth-order valence-electron chi connectivity index (χ4n) is 4.19. The molecule has 0 bridgehead atoms. The van der Waals surface area contributed by atoms with Crippen molar-refractivity contribution in [2.24, 2.45) is 5.92 Å². The zero-order valence-electron chi connectivity index (χ0n) is 18.8. The average Bonchev–Trinajstić information content (AvgIpc) is 3.20. The summed E-state index contributed by atoms with van der Waals surface area (Å²) in [4.78, 5) is 42.2. The molecule has 0 spiro atoms. The molecule has 3 amide bonds. The van der Waals surface area contributed by atoms with Crippen LogP contribution in [0.5, 0.6) is 0 Å². The molecule has 0 aliphatic carbocycles. The molecule has 2 heterocycles. The number of anilines is 3. The van der Waals surface area contributed by atoms with Crippen LogP contribution < -0.4 is 15.1 Å². The van der Waals surface area contributed by atoms with Crippen LogP contribution in [0.25, 0.3) is 0 Å². The maximum Gasteiger partial charge on any atom is 0.243 e. The number of amides is 3. The molecule has 0 radical (unpaired) electrons. The molecule has 2 aromatic rings. The second kappa shape index (κ2) is 10.2. The molecular formula is C24H26F2N4O4. The van der Waals surface area contributed by atoms with Crippen molar-refractivity contribution in [1.82, 2.24) is 4.90 Å². The predicted octanol–water partition coefficient (Wildman–Crippen LogP) is 2.25. The van der Waals surface area contributed by atoms with E-state index in [2.05, 4.69) is 10.2 Å². The topological polar surface area (TPSA) is 82.2 Å². The third-order valence-corrected chi connectivity index (χ3v) is 5.96. The Balaban J connectivity index is 1.30. The number of carbonyl (C=O) groups is 3. The van der Waals surface area contributed by atoms with E-state index in [0.717, 1.165) is 29.7 Å². The van der Waals surface area contributed by atoms with Gasteiger partial charge in [0.05, 0.1) is 31.4 Å². The molecule has 2 saturated heterocycles. The minimum absolute atomic E-state index is 0.0326. The molecule has 8 nitrogen and oxygen atoms in total. The van der Waals surface area contributed by atoms with Gasteiger partial charge < -0.3 is 24.8 Å². The second-order valence-electron chi connectivity index (χ2n) is 8.39. The van der Waals surface area contributed by atoms with Crippen LogP contribution in [0.2, 0.25) is 0 Å². The summed E-state index contributed by atoms with van der Waals surface area (Å²) in [6, 6.07) is 10.4. The normalized spacial score (nSPS) is 18.2. The highest BCUT2D eigenvalue weighted by Gasteiger charge is 2.37. The molecule has 1 N–H and O–H groups in total. The maximum atomic E-state index is 14.1. The zero-order valence-corrected chi connectivity index (χ0v) is 18.8. The zero-order chi connectivity index (χ0) is 24.2. The molecule has 2 aromatic carbocycles. The largest absolute Gasteiger partial charge is 0.378 e. The number of carbonyl (C=O) groups excluding carboxylic acids is 3. The lowest BCUT2D eigenvalue weighted by atomic mass is 10.1. The van der Waals surface area contributed by atoms with Crippen molar-refractivity contribution in [1.29, 1.82) is 0 Å². The standard InChI is InChI=1S/C24H26F2N4O4/c1-28(15-22(31)27-18-3-5-19(6-4-18)29-8-10-34-11-9-29)24(33)16-12-23(32)30(14-16)21-7-2-17(25)13-20(21)26/h2-7,13,16H,8-12,14-15H2,1H3,(H,27,31). The molecular weight excluding hydrogens is 446 g/mol. The summed E-state index contributed by atoms with van der Waals surface area (Å²) in [5.41, 5.74) is 1.58. The third kappa shape index (κ3) is 5.33. The van der Waals surface area contributed by atoms with Crippen LogP contribution >= 0.6 is 0 Å². The lowest BCUT2D eigenvalue weighted by molar-refractivity contribution is -0.137.